The highest BCUT2D eigenvalue weighted by molar-refractivity contribution is 9.11. The highest BCUT2D eigenvalue weighted by Crippen LogP contribution is 2.44. The monoisotopic (exact) mass is 1060 g/mol. The van der Waals surface area contributed by atoms with Gasteiger partial charge in [-0.3, -0.25) is 4.90 Å². The Labute approximate surface area is 396 Å². The average molecular weight is 1070 g/mol. The highest BCUT2D eigenvalue weighted by Gasteiger charge is 2.49. The Morgan fingerprint density at radius 3 is 1.42 bits per heavy atom. The molecule has 6 aromatic heterocycles. The van der Waals surface area contributed by atoms with Gasteiger partial charge in [0.2, 0.25) is 0 Å². The molecule has 62 heavy (non-hydrogen) atoms. The second kappa shape index (κ2) is 16.9. The molecular formula is C47H40Br3N9S3. The van der Waals surface area contributed by atoms with Gasteiger partial charge in [-0.15, -0.1) is 34.0 Å². The number of thiophene rings is 3. The van der Waals surface area contributed by atoms with Gasteiger partial charge in [-0.1, -0.05) is 66.0 Å². The van der Waals surface area contributed by atoms with Crippen LogP contribution >= 0.6 is 81.8 Å². The summed E-state index contributed by atoms with van der Waals surface area (Å²) in [5.41, 5.74) is 12.0. The summed E-state index contributed by atoms with van der Waals surface area (Å²) >= 11 is 16.2. The van der Waals surface area contributed by atoms with E-state index in [2.05, 4.69) is 158 Å². The normalized spacial score (nSPS) is 14.7. The molecule has 9 nitrogen and oxygen atoms in total. The highest BCUT2D eigenvalue weighted by atomic mass is 79.9. The van der Waals surface area contributed by atoms with Gasteiger partial charge in [0, 0.05) is 78.7 Å². The van der Waals surface area contributed by atoms with Gasteiger partial charge >= 0.3 is 0 Å². The molecule has 7 heterocycles. The number of piperazine rings is 1. The fraction of sp³-hybridized carbons (Fsp3) is 0.234. The molecule has 2 N–H and O–H groups in total. The smallest absolute Gasteiger partial charge is 0.157 e. The van der Waals surface area contributed by atoms with Crippen LogP contribution in [0, 0.1) is 20.8 Å². The van der Waals surface area contributed by atoms with Crippen molar-refractivity contribution in [2.45, 2.75) is 38.8 Å². The largest absolute Gasteiger partial charge is 0.321 e. The molecule has 1 unspecified atom stereocenters. The number of halogens is 3. The van der Waals surface area contributed by atoms with Crippen molar-refractivity contribution in [3.63, 3.8) is 0 Å². The molecule has 0 aliphatic carbocycles. The van der Waals surface area contributed by atoms with Crippen LogP contribution in [-0.2, 0) is 5.54 Å². The van der Waals surface area contributed by atoms with Crippen LogP contribution in [0.3, 0.4) is 0 Å². The first-order chi connectivity index (χ1) is 29.9. The second-order valence-electron chi connectivity index (χ2n) is 16.0. The van der Waals surface area contributed by atoms with Gasteiger partial charge in [0.25, 0.3) is 0 Å². The van der Waals surface area contributed by atoms with E-state index in [1.165, 1.54) is 30.3 Å². The Bertz CT molecular complexity index is 3040. The van der Waals surface area contributed by atoms with Gasteiger partial charge in [0.05, 0.1) is 37.8 Å². The Hall–Kier alpha value is -3.90. The minimum absolute atomic E-state index is 0.336. The summed E-state index contributed by atoms with van der Waals surface area (Å²) < 4.78 is 6.68. The van der Waals surface area contributed by atoms with Crippen molar-refractivity contribution in [3.05, 3.63) is 139 Å². The lowest BCUT2D eigenvalue weighted by molar-refractivity contribution is 0.0406. The Balaban J connectivity index is 1.17. The second-order valence-corrected chi connectivity index (χ2v) is 22.0. The summed E-state index contributed by atoms with van der Waals surface area (Å²) in [6.45, 7) is 9.37. The van der Waals surface area contributed by atoms with Gasteiger partial charge in [-0.2, -0.15) is 0 Å². The number of nitrogens with two attached hydrogens (primary N) is 1. The topological polar surface area (TPSA) is 110 Å². The van der Waals surface area contributed by atoms with Gasteiger partial charge in [-0.25, -0.2) is 29.9 Å². The van der Waals surface area contributed by atoms with Crippen LogP contribution in [0.2, 0.25) is 0 Å². The molecule has 0 bridgehead atoms. The van der Waals surface area contributed by atoms with Crippen LogP contribution in [0.4, 0.5) is 0 Å². The maximum atomic E-state index is 7.49. The van der Waals surface area contributed by atoms with E-state index >= 15 is 0 Å². The molecule has 0 spiro atoms. The molecule has 1 fully saturated rings. The molecule has 0 amide bonds. The van der Waals surface area contributed by atoms with Crippen molar-refractivity contribution in [3.8, 4) is 31.7 Å². The first kappa shape index (κ1) is 42.1. The van der Waals surface area contributed by atoms with Crippen LogP contribution in [0.25, 0.3) is 62.0 Å². The van der Waals surface area contributed by atoms with Crippen molar-refractivity contribution in [1.29, 1.82) is 0 Å². The maximum absolute atomic E-state index is 7.49. The lowest BCUT2D eigenvalue weighted by atomic mass is 9.85. The van der Waals surface area contributed by atoms with Crippen LogP contribution in [0.15, 0.2) is 105 Å². The molecule has 312 valence electrons. The van der Waals surface area contributed by atoms with E-state index in [1.807, 2.05) is 18.6 Å². The molecule has 0 saturated carbocycles. The van der Waals surface area contributed by atoms with E-state index in [4.69, 9.17) is 35.6 Å². The summed E-state index contributed by atoms with van der Waals surface area (Å²) in [4.78, 5) is 39.9. The third-order valence-corrected chi connectivity index (χ3v) is 16.5. The number of aryl methyl sites for hydroxylation is 3. The molecule has 10 rings (SSSR count). The Kier molecular flexibility index (Phi) is 11.5. The molecule has 1 aliphatic heterocycles. The number of fused-ring (bicyclic) bond motifs is 3. The lowest BCUT2D eigenvalue weighted by Crippen LogP contribution is -2.57. The van der Waals surface area contributed by atoms with E-state index < -0.39 is 11.6 Å². The van der Waals surface area contributed by atoms with Crippen LogP contribution in [0.5, 0.6) is 0 Å². The molecule has 1 aliphatic rings. The Morgan fingerprint density at radius 1 is 0.581 bits per heavy atom. The fourth-order valence-corrected chi connectivity index (χ4v) is 13.3. The third kappa shape index (κ3) is 7.87. The minimum Gasteiger partial charge on any atom is -0.321 e. The summed E-state index contributed by atoms with van der Waals surface area (Å²) in [6.07, 6.45) is 6.14. The first-order valence-electron chi connectivity index (χ1n) is 20.2. The standard InChI is InChI=1S/C47H40Br3N9S3/c1-25-22-52-44(55-41(25)38-15-28-5-8-31(48)18-35(28)60-38)34(51)21-47(59-13-11-58(4)12-14-59,45-53-23-26(2)42(56-45)39-16-29-6-9-32(49)19-36(29)61-39)46-54-24-27(3)43(57-46)40-17-30-7-10-33(50)20-37(30)62-40/h5-10,15-20,22-24,34H,11-14,21,51H2,1-4H3. The van der Waals surface area contributed by atoms with Crippen molar-refractivity contribution in [2.24, 2.45) is 5.73 Å². The third-order valence-electron chi connectivity index (χ3n) is 11.7. The van der Waals surface area contributed by atoms with Gasteiger partial charge in [0.15, 0.2) is 11.6 Å². The Morgan fingerprint density at radius 2 is 0.984 bits per heavy atom. The quantitative estimate of drug-likeness (QED) is 0.151. The van der Waals surface area contributed by atoms with Gasteiger partial charge < -0.3 is 10.6 Å². The van der Waals surface area contributed by atoms with Crippen molar-refractivity contribution < 1.29 is 0 Å². The van der Waals surface area contributed by atoms with Crippen LogP contribution < -0.4 is 5.73 Å². The number of aromatic nitrogens is 6. The number of benzene rings is 3. The molecule has 1 saturated heterocycles. The maximum Gasteiger partial charge on any atom is 0.157 e. The zero-order valence-electron chi connectivity index (χ0n) is 34.3. The number of nitrogens with zero attached hydrogens (tertiary/aromatic N) is 8. The van der Waals surface area contributed by atoms with Crippen LogP contribution in [0.1, 0.15) is 46.6 Å². The molecule has 15 heteroatoms. The fourth-order valence-electron chi connectivity index (χ4n) is 8.32. The molecule has 0 radical (unpaired) electrons. The first-order valence-corrected chi connectivity index (χ1v) is 25.0. The molecule has 9 aromatic rings. The molecule has 3 aromatic carbocycles. The van der Waals surface area contributed by atoms with Crippen LogP contribution in [-0.4, -0.2) is 72.9 Å². The van der Waals surface area contributed by atoms with E-state index in [0.717, 1.165) is 88.0 Å². The number of likely N-dealkylation sites (N-methyl/N-ethyl adjacent to an activating group) is 1. The number of hydrogen-bond acceptors (Lipinski definition) is 12. The summed E-state index contributed by atoms with van der Waals surface area (Å²) in [5.74, 6) is 1.76. The number of rotatable bonds is 9. The van der Waals surface area contributed by atoms with Gasteiger partial charge in [0.1, 0.15) is 11.4 Å². The minimum atomic E-state index is -1.07. The SMILES string of the molecule is Cc1cnc(C(N)CC(c2ncc(C)c(-c3cc4ccc(Br)cc4s3)n2)(c2ncc(C)c(-c3cc4ccc(Br)cc4s3)n2)N2CCN(C)CC2)nc1-c1cc2ccc(Br)cc2s1. The van der Waals surface area contributed by atoms with Gasteiger partial charge in [-0.05, 0) is 115 Å². The molecule has 1 atom stereocenters. The zero-order valence-corrected chi connectivity index (χ0v) is 41.5. The lowest BCUT2D eigenvalue weighted by Gasteiger charge is -2.46. The predicted molar refractivity (Wildman–Crippen MR) is 267 cm³/mol. The van der Waals surface area contributed by atoms with E-state index in [9.17, 15) is 0 Å². The summed E-state index contributed by atoms with van der Waals surface area (Å²) in [6, 6.07) is 25.2. The average Bonchev–Trinajstić information content (AvgIpc) is 4.00. The van der Waals surface area contributed by atoms with E-state index in [1.54, 1.807) is 34.0 Å². The molecular weight excluding hydrogens is 1030 g/mol. The van der Waals surface area contributed by atoms with E-state index in [-0.39, 0.29) is 0 Å². The summed E-state index contributed by atoms with van der Waals surface area (Å²) in [7, 11) is 2.17. The van der Waals surface area contributed by atoms with E-state index in [0.29, 0.717) is 23.9 Å². The summed E-state index contributed by atoms with van der Waals surface area (Å²) in [5, 5.41) is 3.50. The van der Waals surface area contributed by atoms with Crippen molar-refractivity contribution in [1.82, 2.24) is 39.7 Å². The van der Waals surface area contributed by atoms with Crippen molar-refractivity contribution >= 4 is 112 Å². The predicted octanol–water partition coefficient (Wildman–Crippen LogP) is 12.5. The number of hydrogen-bond donors (Lipinski definition) is 1. The zero-order chi connectivity index (χ0) is 42.9. The van der Waals surface area contributed by atoms with Crippen molar-refractivity contribution in [2.75, 3.05) is 33.2 Å².